The van der Waals surface area contributed by atoms with E-state index in [2.05, 4.69) is 17.2 Å². The van der Waals surface area contributed by atoms with Crippen molar-refractivity contribution >= 4 is 27.9 Å². The molecule has 4 nitrogen and oxygen atoms in total. The first kappa shape index (κ1) is 11.0. The van der Waals surface area contributed by atoms with Crippen LogP contribution >= 0.6 is 11.3 Å². The zero-order valence-electron chi connectivity index (χ0n) is 8.95. The first-order valence-corrected chi connectivity index (χ1v) is 6.07. The van der Waals surface area contributed by atoms with E-state index >= 15 is 0 Å². The van der Waals surface area contributed by atoms with E-state index in [-0.39, 0.29) is 5.91 Å². The molecule has 1 amide bonds. The van der Waals surface area contributed by atoms with Gasteiger partial charge in [-0.15, -0.1) is 17.9 Å². The number of hydrogen-bond donors (Lipinski definition) is 3. The second kappa shape index (κ2) is 4.57. The van der Waals surface area contributed by atoms with Crippen LogP contribution in [0.3, 0.4) is 0 Å². The normalized spacial score (nSPS) is 14.5. The summed E-state index contributed by atoms with van der Waals surface area (Å²) in [4.78, 5) is 12.3. The molecule has 1 aromatic heterocycles. The summed E-state index contributed by atoms with van der Waals surface area (Å²) in [6.07, 6.45) is 4.05. The summed E-state index contributed by atoms with van der Waals surface area (Å²) >= 11 is 1.40. The maximum atomic E-state index is 11.7. The molecule has 2 rings (SSSR count). The van der Waals surface area contributed by atoms with Crippen molar-refractivity contribution in [2.24, 2.45) is 0 Å². The van der Waals surface area contributed by atoms with Crippen LogP contribution in [0, 0.1) is 0 Å². The fraction of sp³-hybridized carbons (Fsp3) is 0.364. The molecule has 0 spiro atoms. The Kier molecular flexibility index (Phi) is 3.14. The largest absolute Gasteiger partial charge is 0.397 e. The molecule has 1 fully saturated rings. The van der Waals surface area contributed by atoms with E-state index in [1.807, 2.05) is 6.07 Å². The molecule has 1 saturated carbocycles. The Bertz CT molecular complexity index is 409. The van der Waals surface area contributed by atoms with Crippen molar-refractivity contribution in [3.05, 3.63) is 23.6 Å². The molecule has 16 heavy (non-hydrogen) atoms. The fourth-order valence-electron chi connectivity index (χ4n) is 1.33. The summed E-state index contributed by atoms with van der Waals surface area (Å²) < 4.78 is 0. The van der Waals surface area contributed by atoms with Crippen molar-refractivity contribution in [3.63, 3.8) is 0 Å². The Morgan fingerprint density at radius 3 is 3.06 bits per heavy atom. The van der Waals surface area contributed by atoms with Crippen molar-refractivity contribution in [2.45, 2.75) is 18.9 Å². The average molecular weight is 237 g/mol. The van der Waals surface area contributed by atoms with Crippen molar-refractivity contribution < 1.29 is 4.79 Å². The minimum absolute atomic E-state index is 0.133. The summed E-state index contributed by atoms with van der Waals surface area (Å²) in [5.74, 6) is -0.133. The first-order chi connectivity index (χ1) is 7.70. The monoisotopic (exact) mass is 237 g/mol. The zero-order chi connectivity index (χ0) is 11.5. The number of rotatable bonds is 5. The molecule has 0 atom stereocenters. The predicted octanol–water partition coefficient (Wildman–Crippen LogP) is 1.82. The molecule has 0 unspecified atom stereocenters. The van der Waals surface area contributed by atoms with Gasteiger partial charge in [0.15, 0.2) is 0 Å². The minimum Gasteiger partial charge on any atom is -0.397 e. The third kappa shape index (κ3) is 2.55. The van der Waals surface area contributed by atoms with Crippen LogP contribution in [0.25, 0.3) is 0 Å². The van der Waals surface area contributed by atoms with Crippen molar-refractivity contribution in [3.8, 4) is 0 Å². The third-order valence-corrected chi connectivity index (χ3v) is 3.38. The Morgan fingerprint density at radius 1 is 1.69 bits per heavy atom. The maximum Gasteiger partial charge on any atom is 0.263 e. The van der Waals surface area contributed by atoms with Gasteiger partial charge in [0, 0.05) is 12.6 Å². The molecule has 0 aromatic carbocycles. The van der Waals surface area contributed by atoms with Gasteiger partial charge >= 0.3 is 0 Å². The highest BCUT2D eigenvalue weighted by atomic mass is 32.1. The number of nitrogens with two attached hydrogens (primary N) is 1. The summed E-state index contributed by atoms with van der Waals surface area (Å²) in [7, 11) is 0. The maximum absolute atomic E-state index is 11.7. The van der Waals surface area contributed by atoms with E-state index in [4.69, 9.17) is 5.73 Å². The molecule has 0 saturated heterocycles. The number of anilines is 2. The predicted molar refractivity (Wildman–Crippen MR) is 67.9 cm³/mol. The number of amides is 1. The Hall–Kier alpha value is -1.49. The van der Waals surface area contributed by atoms with Gasteiger partial charge in [-0.05, 0) is 18.9 Å². The Labute approximate surface area is 98.5 Å². The topological polar surface area (TPSA) is 67.2 Å². The lowest BCUT2D eigenvalue weighted by molar-refractivity contribution is 0.0963. The van der Waals surface area contributed by atoms with E-state index in [1.54, 1.807) is 6.08 Å². The molecule has 5 heteroatoms. The van der Waals surface area contributed by atoms with Gasteiger partial charge in [-0.2, -0.15) is 0 Å². The molecule has 1 aliphatic rings. The van der Waals surface area contributed by atoms with Crippen LogP contribution in [0.1, 0.15) is 22.5 Å². The summed E-state index contributed by atoms with van der Waals surface area (Å²) in [6, 6.07) is 2.40. The highest BCUT2D eigenvalue weighted by Gasteiger charge is 2.22. The summed E-state index contributed by atoms with van der Waals surface area (Å²) in [5, 5.41) is 7.02. The van der Waals surface area contributed by atoms with E-state index < -0.39 is 0 Å². The SMILES string of the molecule is C=CCNC(=O)c1sc(NC2CC2)cc1N. The van der Waals surface area contributed by atoms with Crippen LogP contribution in [0.2, 0.25) is 0 Å². The standard InChI is InChI=1S/C11H15N3OS/c1-2-5-13-11(15)10-8(12)6-9(16-10)14-7-3-4-7/h2,6-7,14H,1,3-5,12H2,(H,13,15). The highest BCUT2D eigenvalue weighted by molar-refractivity contribution is 7.18. The molecular weight excluding hydrogens is 222 g/mol. The third-order valence-electron chi connectivity index (χ3n) is 2.30. The lowest BCUT2D eigenvalue weighted by atomic mass is 10.3. The molecule has 4 N–H and O–H groups in total. The quantitative estimate of drug-likeness (QED) is 0.684. The smallest absolute Gasteiger partial charge is 0.263 e. The molecule has 86 valence electrons. The van der Waals surface area contributed by atoms with Gasteiger partial charge in [-0.3, -0.25) is 4.79 Å². The van der Waals surface area contributed by atoms with E-state index in [0.717, 1.165) is 5.00 Å². The molecule has 1 aromatic rings. The molecular formula is C11H15N3OS. The van der Waals surface area contributed by atoms with E-state index in [1.165, 1.54) is 24.2 Å². The van der Waals surface area contributed by atoms with Gasteiger partial charge in [0.1, 0.15) is 4.88 Å². The second-order valence-electron chi connectivity index (χ2n) is 3.81. The van der Waals surface area contributed by atoms with Crippen molar-refractivity contribution in [1.29, 1.82) is 0 Å². The number of nitrogen functional groups attached to an aromatic ring is 1. The lowest BCUT2D eigenvalue weighted by Crippen LogP contribution is -2.22. The van der Waals surface area contributed by atoms with Crippen LogP contribution in [-0.4, -0.2) is 18.5 Å². The average Bonchev–Trinajstić information content (AvgIpc) is 2.98. The van der Waals surface area contributed by atoms with Gasteiger partial charge in [0.25, 0.3) is 5.91 Å². The van der Waals surface area contributed by atoms with Gasteiger partial charge in [-0.1, -0.05) is 6.08 Å². The second-order valence-corrected chi connectivity index (χ2v) is 4.86. The van der Waals surface area contributed by atoms with Crippen LogP contribution in [-0.2, 0) is 0 Å². The fourth-order valence-corrected chi connectivity index (χ4v) is 2.30. The molecule has 0 bridgehead atoms. The molecule has 1 aliphatic carbocycles. The Morgan fingerprint density at radius 2 is 2.44 bits per heavy atom. The van der Waals surface area contributed by atoms with Crippen LogP contribution in [0.4, 0.5) is 10.7 Å². The van der Waals surface area contributed by atoms with Crippen molar-refractivity contribution in [1.82, 2.24) is 5.32 Å². The molecule has 0 aliphatic heterocycles. The van der Waals surface area contributed by atoms with Gasteiger partial charge in [0.2, 0.25) is 0 Å². The van der Waals surface area contributed by atoms with Crippen molar-refractivity contribution in [2.75, 3.05) is 17.6 Å². The van der Waals surface area contributed by atoms with E-state index in [0.29, 0.717) is 23.2 Å². The van der Waals surface area contributed by atoms with Gasteiger partial charge < -0.3 is 16.4 Å². The van der Waals surface area contributed by atoms with Crippen LogP contribution in [0.15, 0.2) is 18.7 Å². The number of carbonyl (C=O) groups is 1. The van der Waals surface area contributed by atoms with Gasteiger partial charge in [-0.25, -0.2) is 0 Å². The van der Waals surface area contributed by atoms with Crippen LogP contribution < -0.4 is 16.4 Å². The molecule has 0 radical (unpaired) electrons. The summed E-state index contributed by atoms with van der Waals surface area (Å²) in [5.41, 5.74) is 6.33. The number of hydrogen-bond acceptors (Lipinski definition) is 4. The highest BCUT2D eigenvalue weighted by Crippen LogP contribution is 2.33. The summed E-state index contributed by atoms with van der Waals surface area (Å²) in [6.45, 7) is 4.01. The van der Waals surface area contributed by atoms with Gasteiger partial charge in [0.05, 0.1) is 10.7 Å². The minimum atomic E-state index is -0.133. The number of nitrogens with one attached hydrogen (secondary N) is 2. The Balaban J connectivity index is 2.04. The lowest BCUT2D eigenvalue weighted by Gasteiger charge is -2.00. The number of carbonyl (C=O) groups excluding carboxylic acids is 1. The number of thiophene rings is 1. The zero-order valence-corrected chi connectivity index (χ0v) is 9.77. The molecule has 1 heterocycles. The van der Waals surface area contributed by atoms with Crippen LogP contribution in [0.5, 0.6) is 0 Å². The van der Waals surface area contributed by atoms with E-state index in [9.17, 15) is 4.79 Å². The first-order valence-electron chi connectivity index (χ1n) is 5.25.